The van der Waals surface area contributed by atoms with E-state index >= 15 is 0 Å². The van der Waals surface area contributed by atoms with Gasteiger partial charge in [-0.15, -0.1) is 0 Å². The van der Waals surface area contributed by atoms with E-state index in [0.717, 1.165) is 18.4 Å². The highest BCUT2D eigenvalue weighted by atomic mass is 16.6. The first-order chi connectivity index (χ1) is 12.1. The second kappa shape index (κ2) is 7.38. The summed E-state index contributed by atoms with van der Waals surface area (Å²) in [7, 11) is 0. The van der Waals surface area contributed by atoms with Crippen molar-refractivity contribution in [3.63, 3.8) is 0 Å². The number of carboxylic acids is 1. The van der Waals surface area contributed by atoms with Crippen molar-refractivity contribution in [1.29, 1.82) is 0 Å². The van der Waals surface area contributed by atoms with Crippen molar-refractivity contribution in [2.24, 2.45) is 0 Å². The summed E-state index contributed by atoms with van der Waals surface area (Å²) in [6, 6.07) is 9.67. The van der Waals surface area contributed by atoms with E-state index in [1.807, 2.05) is 30.3 Å². The van der Waals surface area contributed by atoms with Crippen LogP contribution < -0.4 is 0 Å². The third-order valence-corrected chi connectivity index (χ3v) is 4.55. The number of aromatic carboxylic acids is 1. The van der Waals surface area contributed by atoms with Gasteiger partial charge in [-0.2, -0.15) is 5.10 Å². The molecule has 1 aliphatic heterocycles. The molecule has 0 aliphatic carbocycles. The molecule has 1 N–H and O–H groups in total. The number of rotatable bonds is 4. The van der Waals surface area contributed by atoms with Gasteiger partial charge in [0, 0.05) is 13.1 Å². The molecule has 7 nitrogen and oxygen atoms in total. The lowest BCUT2D eigenvalue weighted by Gasteiger charge is -2.32. The Morgan fingerprint density at radius 3 is 2.52 bits per heavy atom. The molecule has 0 radical (unpaired) electrons. The maximum Gasteiger partial charge on any atom is 0.410 e. The second-order valence-corrected chi connectivity index (χ2v) is 6.15. The van der Waals surface area contributed by atoms with Crippen LogP contribution in [0.3, 0.4) is 0 Å². The number of hydrogen-bond donors (Lipinski definition) is 1. The molecule has 0 spiro atoms. The summed E-state index contributed by atoms with van der Waals surface area (Å²) < 4.78 is 7.11. The quantitative estimate of drug-likeness (QED) is 0.923. The number of hydrogen-bond acceptors (Lipinski definition) is 4. The Morgan fingerprint density at radius 2 is 1.92 bits per heavy atom. The van der Waals surface area contributed by atoms with Crippen LogP contribution in [0.1, 0.15) is 40.5 Å². The number of aromatic nitrogens is 2. The summed E-state index contributed by atoms with van der Waals surface area (Å²) in [6.45, 7) is 3.16. The van der Waals surface area contributed by atoms with Crippen molar-refractivity contribution in [2.75, 3.05) is 13.1 Å². The molecule has 1 aromatic carbocycles. The molecule has 1 aromatic heterocycles. The largest absolute Gasteiger partial charge is 0.478 e. The normalized spacial score (nSPS) is 15.2. The lowest BCUT2D eigenvalue weighted by atomic mass is 10.1. The topological polar surface area (TPSA) is 84.7 Å². The predicted molar refractivity (Wildman–Crippen MR) is 90.4 cm³/mol. The smallest absolute Gasteiger partial charge is 0.410 e. The van der Waals surface area contributed by atoms with E-state index in [9.17, 15) is 9.59 Å². The zero-order valence-corrected chi connectivity index (χ0v) is 14.1. The first-order valence-electron chi connectivity index (χ1n) is 8.29. The first-order valence-corrected chi connectivity index (χ1v) is 8.29. The lowest BCUT2D eigenvalue weighted by Crippen LogP contribution is -2.39. The molecule has 0 saturated carbocycles. The number of carbonyl (C=O) groups excluding carboxylic acids is 1. The fourth-order valence-corrected chi connectivity index (χ4v) is 3.11. The molecule has 1 aliphatic rings. The molecule has 132 valence electrons. The summed E-state index contributed by atoms with van der Waals surface area (Å²) in [5, 5.41) is 13.3. The Morgan fingerprint density at radius 1 is 1.24 bits per heavy atom. The number of nitrogens with zero attached hydrogens (tertiary/aromatic N) is 3. The molecule has 0 bridgehead atoms. The van der Waals surface area contributed by atoms with Gasteiger partial charge >= 0.3 is 12.1 Å². The van der Waals surface area contributed by atoms with E-state index in [4.69, 9.17) is 9.84 Å². The lowest BCUT2D eigenvalue weighted by molar-refractivity contribution is 0.0695. The molecule has 2 aromatic rings. The molecular formula is C18H21N3O4. The van der Waals surface area contributed by atoms with Gasteiger partial charge in [-0.1, -0.05) is 30.3 Å². The molecule has 1 saturated heterocycles. The maximum absolute atomic E-state index is 12.2. The summed E-state index contributed by atoms with van der Waals surface area (Å²) >= 11 is 0. The maximum atomic E-state index is 12.2. The monoisotopic (exact) mass is 343 g/mol. The van der Waals surface area contributed by atoms with Gasteiger partial charge in [-0.05, 0) is 25.3 Å². The number of amides is 1. The minimum absolute atomic E-state index is 0.103. The Hall–Kier alpha value is -2.83. The summed E-state index contributed by atoms with van der Waals surface area (Å²) in [4.78, 5) is 25.0. The van der Waals surface area contributed by atoms with Crippen molar-refractivity contribution >= 4 is 12.1 Å². The number of likely N-dealkylation sites (tertiary alicyclic amines) is 1. The third kappa shape index (κ3) is 3.81. The summed E-state index contributed by atoms with van der Waals surface area (Å²) in [5.74, 6) is -0.967. The molecule has 0 unspecified atom stereocenters. The average Bonchev–Trinajstić information content (AvgIpc) is 3.02. The number of ether oxygens (including phenoxy) is 1. The van der Waals surface area contributed by atoms with E-state index in [1.165, 1.54) is 6.20 Å². The van der Waals surface area contributed by atoms with Gasteiger partial charge in [0.2, 0.25) is 0 Å². The highest BCUT2D eigenvalue weighted by Crippen LogP contribution is 2.25. The predicted octanol–water partition coefficient (Wildman–Crippen LogP) is 2.86. The van der Waals surface area contributed by atoms with Gasteiger partial charge in [0.05, 0.1) is 17.9 Å². The van der Waals surface area contributed by atoms with Gasteiger partial charge in [-0.3, -0.25) is 4.68 Å². The molecule has 1 fully saturated rings. The zero-order valence-electron chi connectivity index (χ0n) is 14.1. The van der Waals surface area contributed by atoms with E-state index in [2.05, 4.69) is 5.10 Å². The highest BCUT2D eigenvalue weighted by Gasteiger charge is 2.27. The van der Waals surface area contributed by atoms with Crippen molar-refractivity contribution in [3.8, 4) is 0 Å². The fraction of sp³-hybridized carbons (Fsp3) is 0.389. The van der Waals surface area contributed by atoms with Crippen LogP contribution in [0.5, 0.6) is 0 Å². The van der Waals surface area contributed by atoms with E-state index in [-0.39, 0.29) is 24.3 Å². The second-order valence-electron chi connectivity index (χ2n) is 6.15. The van der Waals surface area contributed by atoms with E-state index in [0.29, 0.717) is 18.8 Å². The SMILES string of the molecule is Cc1c(C(=O)O)cnn1C1CCN(C(=O)OCc2ccccc2)CC1. The first kappa shape index (κ1) is 17.0. The van der Waals surface area contributed by atoms with Crippen LogP contribution in [-0.4, -0.2) is 44.9 Å². The average molecular weight is 343 g/mol. The Labute approximate surface area is 145 Å². The van der Waals surface area contributed by atoms with Gasteiger partial charge < -0.3 is 14.7 Å². The summed E-state index contributed by atoms with van der Waals surface area (Å²) in [5.41, 5.74) is 1.83. The Bertz CT molecular complexity index is 749. The van der Waals surface area contributed by atoms with Crippen LogP contribution in [0.4, 0.5) is 4.79 Å². The third-order valence-electron chi connectivity index (χ3n) is 4.55. The van der Waals surface area contributed by atoms with Gasteiger partial charge in [-0.25, -0.2) is 9.59 Å². The van der Waals surface area contributed by atoms with Gasteiger partial charge in [0.1, 0.15) is 12.2 Å². The standard InChI is InChI=1S/C18H21N3O4/c1-13-16(17(22)23)11-19-21(13)15-7-9-20(10-8-15)18(24)25-12-14-5-3-2-4-6-14/h2-6,11,15H,7-10,12H2,1H3,(H,22,23). The van der Waals surface area contributed by atoms with Crippen molar-refractivity contribution in [3.05, 3.63) is 53.3 Å². The number of benzene rings is 1. The molecule has 1 amide bonds. The van der Waals surface area contributed by atoms with Crippen LogP contribution in [0.2, 0.25) is 0 Å². The number of piperidine rings is 1. The Balaban J connectivity index is 1.53. The highest BCUT2D eigenvalue weighted by molar-refractivity contribution is 5.88. The van der Waals surface area contributed by atoms with E-state index in [1.54, 1.807) is 16.5 Å². The molecule has 7 heteroatoms. The molecule has 0 atom stereocenters. The van der Waals surface area contributed by atoms with Gasteiger partial charge in [0.25, 0.3) is 0 Å². The fourth-order valence-electron chi connectivity index (χ4n) is 3.11. The minimum Gasteiger partial charge on any atom is -0.478 e. The van der Waals surface area contributed by atoms with Gasteiger partial charge in [0.15, 0.2) is 0 Å². The van der Waals surface area contributed by atoms with Crippen LogP contribution in [0.15, 0.2) is 36.5 Å². The summed E-state index contributed by atoms with van der Waals surface area (Å²) in [6.07, 6.45) is 2.52. The Kier molecular flexibility index (Phi) is 5.02. The van der Waals surface area contributed by atoms with Crippen LogP contribution >= 0.6 is 0 Å². The minimum atomic E-state index is -0.967. The van der Waals surface area contributed by atoms with Crippen molar-refractivity contribution in [2.45, 2.75) is 32.4 Å². The van der Waals surface area contributed by atoms with Crippen molar-refractivity contribution in [1.82, 2.24) is 14.7 Å². The van der Waals surface area contributed by atoms with Crippen LogP contribution in [0.25, 0.3) is 0 Å². The van der Waals surface area contributed by atoms with Crippen LogP contribution in [-0.2, 0) is 11.3 Å². The van der Waals surface area contributed by atoms with E-state index < -0.39 is 5.97 Å². The molecule has 2 heterocycles. The molecular weight excluding hydrogens is 322 g/mol. The van der Waals surface area contributed by atoms with Crippen LogP contribution in [0, 0.1) is 6.92 Å². The number of carbonyl (C=O) groups is 2. The zero-order chi connectivity index (χ0) is 17.8. The molecule has 3 rings (SSSR count). The molecule has 25 heavy (non-hydrogen) atoms. The number of carboxylic acid groups (broad SMARTS) is 1. The van der Waals surface area contributed by atoms with Crippen molar-refractivity contribution < 1.29 is 19.4 Å².